The first kappa shape index (κ1) is 61.5. The van der Waals surface area contributed by atoms with Gasteiger partial charge in [0.1, 0.15) is 19.8 Å². The number of hydrogen-bond donors (Lipinski definition) is 1. The third kappa shape index (κ3) is 48.9. The van der Waals surface area contributed by atoms with Gasteiger partial charge in [-0.1, -0.05) is 183 Å². The van der Waals surface area contributed by atoms with Crippen molar-refractivity contribution < 1.29 is 42.1 Å². The van der Waals surface area contributed by atoms with E-state index in [2.05, 4.69) is 86.8 Å². The Balaban J connectivity index is 4.31. The molecule has 0 rings (SSSR count). The van der Waals surface area contributed by atoms with Gasteiger partial charge in [0, 0.05) is 12.8 Å². The van der Waals surface area contributed by atoms with Crippen molar-refractivity contribution in [3.8, 4) is 0 Å². The van der Waals surface area contributed by atoms with Crippen LogP contribution in [0.15, 0.2) is 72.9 Å². The van der Waals surface area contributed by atoms with Crippen LogP contribution >= 0.6 is 7.82 Å². The van der Waals surface area contributed by atoms with Gasteiger partial charge >= 0.3 is 19.8 Å². The molecule has 9 nitrogen and oxygen atoms in total. The molecule has 0 aliphatic carbocycles. The fourth-order valence-corrected chi connectivity index (χ4v) is 7.48. The molecule has 0 aromatic carbocycles. The van der Waals surface area contributed by atoms with Crippen molar-refractivity contribution >= 4 is 19.8 Å². The topological polar surface area (TPSA) is 108 Å². The van der Waals surface area contributed by atoms with E-state index in [0.29, 0.717) is 17.4 Å². The van der Waals surface area contributed by atoms with Gasteiger partial charge in [0.15, 0.2) is 6.10 Å². The molecule has 1 unspecified atom stereocenters. The van der Waals surface area contributed by atoms with E-state index in [4.69, 9.17) is 18.5 Å². The Hall–Kier alpha value is -2.55. The van der Waals surface area contributed by atoms with Crippen LogP contribution in [0, 0.1) is 0 Å². The molecule has 0 aromatic rings. The normalized spacial score (nSPS) is 14.0. The van der Waals surface area contributed by atoms with Crippen molar-refractivity contribution in [2.24, 2.45) is 0 Å². The molecular weight excluding hydrogens is 822 g/mol. The van der Waals surface area contributed by atoms with Crippen LogP contribution in [0.2, 0.25) is 0 Å². The zero-order valence-corrected chi connectivity index (χ0v) is 42.6. The summed E-state index contributed by atoms with van der Waals surface area (Å²) in [4.78, 5) is 35.5. The SMILES string of the molecule is CC/C=C/C/C=C/C/C=C/C/C=C/C/C=C/CCCCCC(=O)O[C@H](COC(=O)CCCCCCCCCCCCC/C=C/CCCCCCCC)COP(=O)(O)OCC[N+](C)(C)C. The maximum absolute atomic E-state index is 12.7. The number of unbranched alkanes of at least 4 members (excludes halogenated alkanes) is 20. The molecule has 0 bridgehead atoms. The lowest BCUT2D eigenvalue weighted by Gasteiger charge is -2.24. The Kier molecular flexibility index (Phi) is 43.8. The van der Waals surface area contributed by atoms with Gasteiger partial charge in [-0.05, 0) is 83.5 Å². The number of phosphoric ester groups is 1. The summed E-state index contributed by atoms with van der Waals surface area (Å²) in [5.41, 5.74) is 0. The largest absolute Gasteiger partial charge is 0.472 e. The van der Waals surface area contributed by atoms with Crippen molar-refractivity contribution in [2.45, 2.75) is 213 Å². The average molecular weight is 919 g/mol. The summed E-state index contributed by atoms with van der Waals surface area (Å²) in [5, 5.41) is 0. The number of ether oxygens (including phenoxy) is 2. The monoisotopic (exact) mass is 919 g/mol. The van der Waals surface area contributed by atoms with Crippen LogP contribution < -0.4 is 0 Å². The van der Waals surface area contributed by atoms with E-state index >= 15 is 0 Å². The first-order chi connectivity index (χ1) is 31.0. The lowest BCUT2D eigenvalue weighted by Crippen LogP contribution is -2.37. The number of esters is 2. The second kappa shape index (κ2) is 45.6. The first-order valence-corrected chi connectivity index (χ1v) is 27.2. The predicted molar refractivity (Wildman–Crippen MR) is 270 cm³/mol. The van der Waals surface area contributed by atoms with E-state index in [0.717, 1.165) is 70.6 Å². The molecule has 0 spiro atoms. The Bertz CT molecular complexity index is 1310. The molecule has 0 amide bonds. The standard InChI is InChI=1S/C54H96NO8P/c1-6-8-10-12-14-16-18-20-22-24-26-27-29-30-32-34-36-38-40-42-44-46-53(56)60-50-52(51-62-64(58,59)61-49-48-55(3,4)5)63-54(57)47-45-43-41-39-37-35-33-31-28-25-23-21-19-17-15-13-11-9-7-2/h9,11,15,17,20-23,28,31,35,37,52H,6-8,10,12-14,16,18-19,24-27,29-30,32-34,36,38-51H2,1-5H3/p+1/b11-9+,17-15+,22-20+,23-21+,31-28+,37-35+/t52-/m1/s1. The molecule has 0 saturated heterocycles. The molecule has 0 aliphatic heterocycles. The first-order valence-electron chi connectivity index (χ1n) is 25.7. The van der Waals surface area contributed by atoms with Crippen molar-refractivity contribution in [3.63, 3.8) is 0 Å². The number of phosphoric acid groups is 1. The van der Waals surface area contributed by atoms with Crippen LogP contribution in [0.1, 0.15) is 206 Å². The summed E-state index contributed by atoms with van der Waals surface area (Å²) in [6, 6.07) is 0. The zero-order chi connectivity index (χ0) is 47.1. The minimum Gasteiger partial charge on any atom is -0.462 e. The number of carbonyl (C=O) groups excluding carboxylic acids is 2. The number of rotatable bonds is 46. The molecule has 2 atom stereocenters. The summed E-state index contributed by atoms with van der Waals surface area (Å²) in [5.74, 6) is -0.837. The number of likely N-dealkylation sites (N-methyl/N-ethyl adjacent to an activating group) is 1. The molecule has 1 N–H and O–H groups in total. The van der Waals surface area contributed by atoms with Gasteiger partial charge < -0.3 is 18.9 Å². The van der Waals surface area contributed by atoms with Gasteiger partial charge in [0.2, 0.25) is 0 Å². The number of quaternary nitrogens is 1. The Morgan fingerprint density at radius 2 is 0.891 bits per heavy atom. The van der Waals surface area contributed by atoms with E-state index in [1.54, 1.807) is 0 Å². The Morgan fingerprint density at radius 3 is 1.36 bits per heavy atom. The van der Waals surface area contributed by atoms with Crippen LogP contribution in [0.4, 0.5) is 0 Å². The van der Waals surface area contributed by atoms with Gasteiger partial charge in [0.05, 0.1) is 27.7 Å². The van der Waals surface area contributed by atoms with Crippen LogP contribution in [0.25, 0.3) is 0 Å². The third-order valence-electron chi connectivity index (χ3n) is 10.7. The average Bonchev–Trinajstić information content (AvgIpc) is 3.25. The van der Waals surface area contributed by atoms with Crippen LogP contribution in [0.3, 0.4) is 0 Å². The molecule has 0 radical (unpaired) electrons. The number of nitrogens with zero attached hydrogens (tertiary/aromatic N) is 1. The highest BCUT2D eigenvalue weighted by atomic mass is 31.2. The smallest absolute Gasteiger partial charge is 0.462 e. The highest BCUT2D eigenvalue weighted by Crippen LogP contribution is 2.43. The minimum atomic E-state index is -4.39. The highest BCUT2D eigenvalue weighted by Gasteiger charge is 2.27. The summed E-state index contributed by atoms with van der Waals surface area (Å²) < 4.78 is 34.4. The van der Waals surface area contributed by atoms with Crippen molar-refractivity contribution in [1.82, 2.24) is 0 Å². The minimum absolute atomic E-state index is 0.0218. The van der Waals surface area contributed by atoms with Crippen LogP contribution in [0.5, 0.6) is 0 Å². The second-order valence-electron chi connectivity index (χ2n) is 18.2. The van der Waals surface area contributed by atoms with Crippen LogP contribution in [-0.2, 0) is 32.7 Å². The van der Waals surface area contributed by atoms with Gasteiger partial charge in [-0.3, -0.25) is 18.6 Å². The number of carbonyl (C=O) groups is 2. The van der Waals surface area contributed by atoms with Crippen molar-refractivity contribution in [1.29, 1.82) is 0 Å². The lowest BCUT2D eigenvalue weighted by molar-refractivity contribution is -0.870. The van der Waals surface area contributed by atoms with Gasteiger partial charge in [0.25, 0.3) is 0 Å². The quantitative estimate of drug-likeness (QED) is 0.0211. The van der Waals surface area contributed by atoms with Crippen molar-refractivity contribution in [2.75, 3.05) is 47.5 Å². The van der Waals surface area contributed by atoms with Gasteiger partial charge in [-0.2, -0.15) is 0 Å². The van der Waals surface area contributed by atoms with E-state index in [1.807, 2.05) is 21.1 Å². The Morgan fingerprint density at radius 1 is 0.500 bits per heavy atom. The second-order valence-corrected chi connectivity index (χ2v) is 19.6. The highest BCUT2D eigenvalue weighted by molar-refractivity contribution is 7.47. The summed E-state index contributed by atoms with van der Waals surface area (Å²) in [7, 11) is 1.45. The fraction of sp³-hybridized carbons (Fsp3) is 0.741. The molecule has 0 aliphatic rings. The summed E-state index contributed by atoms with van der Waals surface area (Å²) >= 11 is 0. The molecule has 0 heterocycles. The van der Waals surface area contributed by atoms with E-state index in [1.165, 1.54) is 103 Å². The maximum Gasteiger partial charge on any atom is 0.472 e. The molecular formula is C54H97NO8P+. The maximum atomic E-state index is 12.7. The van der Waals surface area contributed by atoms with Crippen molar-refractivity contribution in [3.05, 3.63) is 72.9 Å². The fourth-order valence-electron chi connectivity index (χ4n) is 6.74. The summed E-state index contributed by atoms with van der Waals surface area (Å²) in [6.45, 7) is 4.27. The van der Waals surface area contributed by atoms with E-state index in [-0.39, 0.29) is 32.0 Å². The molecule has 0 saturated carbocycles. The molecule has 370 valence electrons. The predicted octanol–water partition coefficient (Wildman–Crippen LogP) is 15.4. The molecule has 10 heteroatoms. The third-order valence-corrected chi connectivity index (χ3v) is 11.7. The molecule has 0 aromatic heterocycles. The zero-order valence-electron chi connectivity index (χ0n) is 41.7. The summed E-state index contributed by atoms with van der Waals surface area (Å²) in [6.07, 6.45) is 58.1. The van der Waals surface area contributed by atoms with Gasteiger partial charge in [-0.25, -0.2) is 4.57 Å². The number of hydrogen-bond acceptors (Lipinski definition) is 7. The molecule has 0 fully saturated rings. The van der Waals surface area contributed by atoms with E-state index < -0.39 is 26.5 Å². The van der Waals surface area contributed by atoms with E-state index in [9.17, 15) is 19.0 Å². The number of allylic oxidation sites excluding steroid dienone is 12. The Labute approximate surface area is 393 Å². The molecule has 64 heavy (non-hydrogen) atoms. The van der Waals surface area contributed by atoms with Crippen LogP contribution in [-0.4, -0.2) is 74.9 Å². The van der Waals surface area contributed by atoms with Gasteiger partial charge in [-0.15, -0.1) is 0 Å². The lowest BCUT2D eigenvalue weighted by atomic mass is 10.0.